The maximum atomic E-state index is 13.6. The van der Waals surface area contributed by atoms with Gasteiger partial charge in [-0.25, -0.2) is 14.1 Å². The van der Waals surface area contributed by atoms with Crippen molar-refractivity contribution in [2.75, 3.05) is 13.1 Å². The molecule has 0 bridgehead atoms. The zero-order valence-corrected chi connectivity index (χ0v) is 17.7. The third-order valence-electron chi connectivity index (χ3n) is 6.71. The number of aromatic amines is 1. The van der Waals surface area contributed by atoms with Crippen LogP contribution in [0, 0.1) is 5.82 Å². The topological polar surface area (TPSA) is 66.8 Å². The van der Waals surface area contributed by atoms with Crippen LogP contribution in [0.4, 0.5) is 4.39 Å². The summed E-state index contributed by atoms with van der Waals surface area (Å²) in [5, 5.41) is 4.72. The molecule has 0 spiro atoms. The van der Waals surface area contributed by atoms with Crippen LogP contribution in [0.5, 0.6) is 0 Å². The van der Waals surface area contributed by atoms with Gasteiger partial charge < -0.3 is 9.88 Å². The van der Waals surface area contributed by atoms with Crippen molar-refractivity contribution in [2.24, 2.45) is 0 Å². The van der Waals surface area contributed by atoms with Crippen molar-refractivity contribution < 1.29 is 9.18 Å². The molecule has 1 aliphatic carbocycles. The van der Waals surface area contributed by atoms with Crippen molar-refractivity contribution in [3.8, 4) is 5.69 Å². The molecule has 1 N–H and O–H groups in total. The quantitative estimate of drug-likeness (QED) is 0.525. The lowest BCUT2D eigenvalue weighted by molar-refractivity contribution is 0.0697. The fourth-order valence-electron chi connectivity index (χ4n) is 5.11. The van der Waals surface area contributed by atoms with Gasteiger partial charge in [0.2, 0.25) is 0 Å². The molecule has 1 unspecified atom stereocenters. The predicted octanol–water partition coefficient (Wildman–Crippen LogP) is 4.40. The van der Waals surface area contributed by atoms with Gasteiger partial charge in [-0.3, -0.25) is 4.79 Å². The van der Waals surface area contributed by atoms with Crippen LogP contribution in [-0.2, 0) is 12.8 Å². The van der Waals surface area contributed by atoms with Crippen molar-refractivity contribution in [3.63, 3.8) is 0 Å². The number of fused-ring (bicyclic) bond motifs is 2. The number of benzene rings is 2. The highest BCUT2D eigenvalue weighted by molar-refractivity contribution is 5.94. The van der Waals surface area contributed by atoms with Gasteiger partial charge in [0.15, 0.2) is 5.69 Å². The van der Waals surface area contributed by atoms with E-state index >= 15 is 0 Å². The van der Waals surface area contributed by atoms with E-state index in [1.54, 1.807) is 12.1 Å². The Morgan fingerprint density at radius 1 is 1.06 bits per heavy atom. The number of imidazole rings is 1. The van der Waals surface area contributed by atoms with Crippen LogP contribution in [0.1, 0.15) is 52.8 Å². The summed E-state index contributed by atoms with van der Waals surface area (Å²) < 4.78 is 15.2. The van der Waals surface area contributed by atoms with Crippen LogP contribution in [-0.4, -0.2) is 43.6 Å². The van der Waals surface area contributed by atoms with E-state index in [0.29, 0.717) is 12.2 Å². The van der Waals surface area contributed by atoms with E-state index in [1.165, 1.54) is 12.1 Å². The van der Waals surface area contributed by atoms with Crippen molar-refractivity contribution in [1.82, 2.24) is 24.6 Å². The van der Waals surface area contributed by atoms with Gasteiger partial charge >= 0.3 is 0 Å². The number of nitrogens with one attached hydrogen (secondary N) is 1. The Labute approximate surface area is 185 Å². The summed E-state index contributed by atoms with van der Waals surface area (Å²) in [6.45, 7) is 1.37. The number of hydrogen-bond donors (Lipinski definition) is 1. The lowest BCUT2D eigenvalue weighted by Gasteiger charge is -2.31. The number of piperidine rings is 1. The maximum absolute atomic E-state index is 13.6. The molecular weight excluding hydrogens is 405 g/mol. The Morgan fingerprint density at radius 3 is 2.75 bits per heavy atom. The Kier molecular flexibility index (Phi) is 4.56. The minimum Gasteiger partial charge on any atom is -0.342 e. The second-order valence-electron chi connectivity index (χ2n) is 8.75. The van der Waals surface area contributed by atoms with Crippen LogP contribution in [0.15, 0.2) is 48.5 Å². The highest BCUT2D eigenvalue weighted by Crippen LogP contribution is 2.31. The lowest BCUT2D eigenvalue weighted by Crippen LogP contribution is -2.40. The van der Waals surface area contributed by atoms with Gasteiger partial charge in [0.1, 0.15) is 11.6 Å². The van der Waals surface area contributed by atoms with Crippen molar-refractivity contribution in [1.29, 1.82) is 0 Å². The molecule has 2 aromatic carbocycles. The number of H-pyrrole nitrogens is 1. The van der Waals surface area contributed by atoms with Crippen molar-refractivity contribution >= 4 is 16.9 Å². The first kappa shape index (κ1) is 19.2. The third kappa shape index (κ3) is 3.20. The van der Waals surface area contributed by atoms with Crippen LogP contribution in [0.2, 0.25) is 0 Å². The predicted molar refractivity (Wildman–Crippen MR) is 120 cm³/mol. The van der Waals surface area contributed by atoms with E-state index in [2.05, 4.69) is 4.98 Å². The lowest BCUT2D eigenvalue weighted by atomic mass is 9.97. The van der Waals surface area contributed by atoms with Crippen LogP contribution in [0.3, 0.4) is 0 Å². The molecule has 3 heterocycles. The summed E-state index contributed by atoms with van der Waals surface area (Å²) in [7, 11) is 0. The molecule has 6 rings (SSSR count). The molecule has 1 amide bonds. The standard InChI is InChI=1S/C25H24FN5O/c26-17-10-12-18(13-11-17)31-22-9-3-6-19(22)23(29-31)25(32)30-14-4-5-16(15-30)24-27-20-7-1-2-8-21(20)28-24/h1-2,7-8,10-13,16H,3-6,9,14-15H2,(H,27,28). The molecule has 1 fully saturated rings. The molecule has 1 saturated heterocycles. The number of hydrogen-bond acceptors (Lipinski definition) is 3. The summed E-state index contributed by atoms with van der Waals surface area (Å²) in [5.74, 6) is 0.849. The average Bonchev–Trinajstić information content (AvgIpc) is 3.54. The Hall–Kier alpha value is -3.48. The summed E-state index contributed by atoms with van der Waals surface area (Å²) in [6, 6.07) is 14.3. The highest BCUT2D eigenvalue weighted by atomic mass is 19.1. The highest BCUT2D eigenvalue weighted by Gasteiger charge is 2.33. The molecule has 32 heavy (non-hydrogen) atoms. The summed E-state index contributed by atoms with van der Waals surface area (Å²) in [4.78, 5) is 23.7. The molecule has 0 saturated carbocycles. The number of para-hydroxylation sites is 2. The minimum atomic E-state index is -0.279. The van der Waals surface area contributed by atoms with Gasteiger partial charge in [0.25, 0.3) is 5.91 Å². The number of likely N-dealkylation sites (tertiary alicyclic amines) is 1. The Bertz CT molecular complexity index is 1270. The normalized spacial score (nSPS) is 18.3. The van der Waals surface area contributed by atoms with E-state index in [9.17, 15) is 9.18 Å². The number of amides is 1. The Morgan fingerprint density at radius 2 is 1.91 bits per heavy atom. The van der Waals surface area contributed by atoms with Gasteiger partial charge in [0, 0.05) is 30.3 Å². The molecule has 162 valence electrons. The zero-order chi connectivity index (χ0) is 21.7. The van der Waals surface area contributed by atoms with E-state index in [4.69, 9.17) is 10.1 Å². The van der Waals surface area contributed by atoms with Crippen molar-refractivity contribution in [2.45, 2.75) is 38.0 Å². The van der Waals surface area contributed by atoms with Gasteiger partial charge in [-0.15, -0.1) is 0 Å². The molecule has 0 radical (unpaired) electrons. The number of aromatic nitrogens is 4. The van der Waals surface area contributed by atoms with E-state index < -0.39 is 0 Å². The second kappa shape index (κ2) is 7.58. The minimum absolute atomic E-state index is 0.00942. The number of rotatable bonds is 3. The maximum Gasteiger partial charge on any atom is 0.274 e. The number of carbonyl (C=O) groups excluding carboxylic acids is 1. The average molecular weight is 429 g/mol. The number of nitrogens with zero attached hydrogens (tertiary/aromatic N) is 4. The summed E-state index contributed by atoms with van der Waals surface area (Å²) >= 11 is 0. The van der Waals surface area contributed by atoms with Gasteiger partial charge in [-0.2, -0.15) is 5.10 Å². The fourth-order valence-corrected chi connectivity index (χ4v) is 5.11. The van der Waals surface area contributed by atoms with Crippen LogP contribution in [0.25, 0.3) is 16.7 Å². The summed E-state index contributed by atoms with van der Waals surface area (Å²) in [5.41, 5.74) is 5.45. The smallest absolute Gasteiger partial charge is 0.274 e. The first-order chi connectivity index (χ1) is 15.7. The number of carbonyl (C=O) groups is 1. The fraction of sp³-hybridized carbons (Fsp3) is 0.320. The second-order valence-corrected chi connectivity index (χ2v) is 8.75. The van der Waals surface area contributed by atoms with E-state index in [1.807, 2.05) is 33.8 Å². The van der Waals surface area contributed by atoms with Gasteiger partial charge in [0.05, 0.1) is 16.7 Å². The molecule has 7 heteroatoms. The molecule has 1 atom stereocenters. The Balaban J connectivity index is 1.29. The molecule has 2 aromatic heterocycles. The van der Waals surface area contributed by atoms with Crippen LogP contribution < -0.4 is 0 Å². The van der Waals surface area contributed by atoms with Crippen LogP contribution >= 0.6 is 0 Å². The van der Waals surface area contributed by atoms with E-state index in [-0.39, 0.29) is 17.6 Å². The molecule has 6 nitrogen and oxygen atoms in total. The molecule has 4 aromatic rings. The largest absolute Gasteiger partial charge is 0.342 e. The zero-order valence-electron chi connectivity index (χ0n) is 17.7. The van der Waals surface area contributed by atoms with Gasteiger partial charge in [-0.1, -0.05) is 12.1 Å². The monoisotopic (exact) mass is 429 g/mol. The summed E-state index contributed by atoms with van der Waals surface area (Å²) in [6.07, 6.45) is 4.70. The number of halogens is 1. The van der Waals surface area contributed by atoms with E-state index in [0.717, 1.165) is 72.5 Å². The first-order valence-corrected chi connectivity index (χ1v) is 11.3. The molecule has 2 aliphatic rings. The SMILES string of the molecule is O=C(c1nn(-c2ccc(F)cc2)c2c1CCC2)N1CCCC(c2nc3ccccc3[nH]2)C1. The molecular formula is C25H24FN5O. The third-order valence-corrected chi connectivity index (χ3v) is 6.71. The first-order valence-electron chi connectivity index (χ1n) is 11.3. The van der Waals surface area contributed by atoms with Crippen molar-refractivity contribution in [3.05, 3.63) is 77.1 Å². The molecule has 1 aliphatic heterocycles. The van der Waals surface area contributed by atoms with Gasteiger partial charge in [-0.05, 0) is 68.5 Å².